The fourth-order valence-corrected chi connectivity index (χ4v) is 3.14. The van der Waals surface area contributed by atoms with Crippen LogP contribution in [0.4, 0.5) is 11.4 Å². The van der Waals surface area contributed by atoms with E-state index in [0.717, 1.165) is 19.0 Å². The predicted octanol–water partition coefficient (Wildman–Crippen LogP) is 2.52. The van der Waals surface area contributed by atoms with E-state index in [-0.39, 0.29) is 34.6 Å². The Balaban J connectivity index is 0.00000364. The summed E-state index contributed by atoms with van der Waals surface area (Å²) >= 11 is 0. The van der Waals surface area contributed by atoms with E-state index >= 15 is 0 Å². The Labute approximate surface area is 178 Å². The minimum Gasteiger partial charge on any atom is -0.378 e. The molecule has 27 heavy (non-hydrogen) atoms. The van der Waals surface area contributed by atoms with Gasteiger partial charge in [-0.25, -0.2) is 0 Å². The van der Waals surface area contributed by atoms with Gasteiger partial charge in [-0.1, -0.05) is 19.1 Å². The van der Waals surface area contributed by atoms with E-state index in [2.05, 4.69) is 46.6 Å². The first-order chi connectivity index (χ1) is 12.4. The van der Waals surface area contributed by atoms with Crippen molar-refractivity contribution in [1.82, 2.24) is 15.5 Å². The number of likely N-dealkylation sites (tertiary alicyclic amines) is 1. The maximum Gasteiger partial charge on any atom is 0.292 e. The molecule has 1 aromatic carbocycles. The van der Waals surface area contributed by atoms with Gasteiger partial charge in [0.25, 0.3) is 5.69 Å². The van der Waals surface area contributed by atoms with Gasteiger partial charge in [-0.2, -0.15) is 0 Å². The number of nitrogens with one attached hydrogen (secondary N) is 3. The van der Waals surface area contributed by atoms with Gasteiger partial charge in [-0.15, -0.1) is 24.0 Å². The van der Waals surface area contributed by atoms with Gasteiger partial charge >= 0.3 is 0 Å². The molecule has 0 saturated carbocycles. The number of aliphatic imine (C=N–C) groups is 1. The van der Waals surface area contributed by atoms with Crippen LogP contribution in [0.25, 0.3) is 0 Å². The molecule has 9 heteroatoms. The second-order valence-corrected chi connectivity index (χ2v) is 6.98. The van der Waals surface area contributed by atoms with Gasteiger partial charge in [0.05, 0.1) is 4.92 Å². The lowest BCUT2D eigenvalue weighted by Gasteiger charge is -2.22. The summed E-state index contributed by atoms with van der Waals surface area (Å²) in [6, 6.07) is 7.57. The number of hydrogen-bond acceptors (Lipinski definition) is 5. The first kappa shape index (κ1) is 23.4. The van der Waals surface area contributed by atoms with E-state index in [1.807, 2.05) is 0 Å². The topological polar surface area (TPSA) is 94.8 Å². The quantitative estimate of drug-likeness (QED) is 0.136. The van der Waals surface area contributed by atoms with Crippen LogP contribution in [-0.2, 0) is 0 Å². The van der Waals surface area contributed by atoms with Gasteiger partial charge in [0, 0.05) is 51.4 Å². The summed E-state index contributed by atoms with van der Waals surface area (Å²) in [6.07, 6.45) is 0. The normalized spacial score (nSPS) is 20.3. The summed E-state index contributed by atoms with van der Waals surface area (Å²) in [5, 5.41) is 20.9. The summed E-state index contributed by atoms with van der Waals surface area (Å²) < 4.78 is 0. The molecule has 1 aliphatic rings. The van der Waals surface area contributed by atoms with Crippen molar-refractivity contribution in [3.8, 4) is 0 Å². The van der Waals surface area contributed by atoms with Gasteiger partial charge in [0.2, 0.25) is 0 Å². The molecule has 1 fully saturated rings. The van der Waals surface area contributed by atoms with Crippen molar-refractivity contribution in [3.63, 3.8) is 0 Å². The number of nitro benzene ring substituents is 1. The maximum atomic E-state index is 11.0. The highest BCUT2D eigenvalue weighted by Crippen LogP contribution is 2.22. The third-order valence-corrected chi connectivity index (χ3v) is 4.75. The number of para-hydroxylation sites is 2. The van der Waals surface area contributed by atoms with Crippen molar-refractivity contribution in [3.05, 3.63) is 34.4 Å². The fourth-order valence-electron chi connectivity index (χ4n) is 3.14. The zero-order valence-corrected chi connectivity index (χ0v) is 18.8. The van der Waals surface area contributed by atoms with Crippen molar-refractivity contribution < 1.29 is 4.92 Å². The molecule has 0 aromatic heterocycles. The maximum absolute atomic E-state index is 11.0. The molecule has 0 radical (unpaired) electrons. The molecule has 2 unspecified atom stereocenters. The second-order valence-electron chi connectivity index (χ2n) is 6.98. The molecule has 0 amide bonds. The molecule has 1 heterocycles. The van der Waals surface area contributed by atoms with E-state index in [4.69, 9.17) is 0 Å². The number of nitrogens with zero attached hydrogens (tertiary/aromatic N) is 3. The number of guanidine groups is 1. The summed E-state index contributed by atoms with van der Waals surface area (Å²) in [5.41, 5.74) is 0.614. The van der Waals surface area contributed by atoms with Gasteiger partial charge in [0.15, 0.2) is 5.96 Å². The first-order valence-corrected chi connectivity index (χ1v) is 9.11. The van der Waals surface area contributed by atoms with Crippen molar-refractivity contribution in [2.75, 3.05) is 38.5 Å². The summed E-state index contributed by atoms with van der Waals surface area (Å²) in [6.45, 7) is 9.96. The second kappa shape index (κ2) is 11.3. The van der Waals surface area contributed by atoms with Gasteiger partial charge in [-0.05, 0) is 25.8 Å². The lowest BCUT2D eigenvalue weighted by atomic mass is 10.1. The highest BCUT2D eigenvalue weighted by Gasteiger charge is 2.31. The van der Waals surface area contributed by atoms with Crippen LogP contribution < -0.4 is 16.0 Å². The average molecular weight is 490 g/mol. The molecule has 3 N–H and O–H groups in total. The number of hydrogen-bond donors (Lipinski definition) is 3. The summed E-state index contributed by atoms with van der Waals surface area (Å²) in [7, 11) is 1.75. The van der Waals surface area contributed by atoms with Crippen LogP contribution in [0.5, 0.6) is 0 Å². The van der Waals surface area contributed by atoms with Crippen molar-refractivity contribution in [1.29, 1.82) is 0 Å². The van der Waals surface area contributed by atoms with Crippen LogP contribution in [0.15, 0.2) is 29.3 Å². The van der Waals surface area contributed by atoms with Gasteiger partial charge in [0.1, 0.15) is 5.69 Å². The van der Waals surface area contributed by atoms with Gasteiger partial charge < -0.3 is 16.0 Å². The highest BCUT2D eigenvalue weighted by molar-refractivity contribution is 14.0. The third kappa shape index (κ3) is 6.80. The molecule has 1 saturated heterocycles. The number of rotatable bonds is 7. The minimum absolute atomic E-state index is 0. The lowest BCUT2D eigenvalue weighted by molar-refractivity contribution is -0.384. The van der Waals surface area contributed by atoms with Crippen molar-refractivity contribution >= 4 is 41.3 Å². The third-order valence-electron chi connectivity index (χ3n) is 4.75. The standard InChI is InChI=1S/C18H30N6O2.HI/c1-13(2)23-11-14(3)16(12-23)22-18(19-4)21-10-9-20-15-7-5-6-8-17(15)24(25)26;/h5-8,13-14,16,20H,9-12H2,1-4H3,(H2,19,21,22);1H. The molecule has 152 valence electrons. The van der Waals surface area contributed by atoms with E-state index in [0.29, 0.717) is 36.8 Å². The summed E-state index contributed by atoms with van der Waals surface area (Å²) in [4.78, 5) is 17.4. The Bertz CT molecular complexity index is 640. The number of halogens is 1. The minimum atomic E-state index is -0.377. The highest BCUT2D eigenvalue weighted by atomic mass is 127. The zero-order valence-electron chi connectivity index (χ0n) is 16.4. The number of anilines is 1. The largest absolute Gasteiger partial charge is 0.378 e. The predicted molar refractivity (Wildman–Crippen MR) is 121 cm³/mol. The number of nitro groups is 1. The van der Waals surface area contributed by atoms with E-state index in [1.165, 1.54) is 6.07 Å². The molecule has 2 atom stereocenters. The van der Waals surface area contributed by atoms with Gasteiger partial charge in [-0.3, -0.25) is 20.0 Å². The van der Waals surface area contributed by atoms with E-state index in [1.54, 1.807) is 25.2 Å². The Hall–Kier alpha value is -1.62. The molecule has 0 bridgehead atoms. The van der Waals surface area contributed by atoms with Crippen molar-refractivity contribution in [2.24, 2.45) is 10.9 Å². The molecule has 0 aliphatic carbocycles. The SMILES string of the molecule is CN=C(NCCNc1ccccc1[N+](=O)[O-])NC1CN(C(C)C)CC1C.I. The Morgan fingerprint density at radius 2 is 2.04 bits per heavy atom. The first-order valence-electron chi connectivity index (χ1n) is 9.11. The van der Waals surface area contributed by atoms with E-state index in [9.17, 15) is 10.1 Å². The zero-order chi connectivity index (χ0) is 19.1. The van der Waals surface area contributed by atoms with Crippen LogP contribution in [0.3, 0.4) is 0 Å². The Morgan fingerprint density at radius 3 is 2.63 bits per heavy atom. The molecule has 8 nitrogen and oxygen atoms in total. The molecule has 2 rings (SSSR count). The average Bonchev–Trinajstić information content (AvgIpc) is 2.98. The van der Waals surface area contributed by atoms with Crippen LogP contribution in [0.1, 0.15) is 20.8 Å². The molecular formula is C18H31IN6O2. The van der Waals surface area contributed by atoms with Crippen LogP contribution >= 0.6 is 24.0 Å². The van der Waals surface area contributed by atoms with Crippen molar-refractivity contribution in [2.45, 2.75) is 32.9 Å². The fraction of sp³-hybridized carbons (Fsp3) is 0.611. The Kier molecular flexibility index (Phi) is 9.78. The molecule has 0 spiro atoms. The molecule has 1 aromatic rings. The van der Waals surface area contributed by atoms with Crippen LogP contribution in [0, 0.1) is 16.0 Å². The monoisotopic (exact) mass is 490 g/mol. The molecular weight excluding hydrogens is 459 g/mol. The molecule has 1 aliphatic heterocycles. The Morgan fingerprint density at radius 1 is 1.33 bits per heavy atom. The van der Waals surface area contributed by atoms with Crippen LogP contribution in [0.2, 0.25) is 0 Å². The van der Waals surface area contributed by atoms with E-state index < -0.39 is 0 Å². The number of benzene rings is 1. The smallest absolute Gasteiger partial charge is 0.292 e. The lowest BCUT2D eigenvalue weighted by Crippen LogP contribution is -2.47. The van der Waals surface area contributed by atoms with Crippen LogP contribution in [-0.4, -0.2) is 61.1 Å². The summed E-state index contributed by atoms with van der Waals surface area (Å²) in [5.74, 6) is 1.32.